The first-order valence-corrected chi connectivity index (χ1v) is 7.88. The van der Waals surface area contributed by atoms with Gasteiger partial charge in [0.1, 0.15) is 5.82 Å². The number of hydrogen-bond donors (Lipinski definition) is 2. The van der Waals surface area contributed by atoms with Crippen molar-refractivity contribution < 1.29 is 9.18 Å². The molecule has 0 aliphatic heterocycles. The highest BCUT2D eigenvalue weighted by Crippen LogP contribution is 2.25. The van der Waals surface area contributed by atoms with Gasteiger partial charge in [-0.15, -0.1) is 0 Å². The molecule has 0 radical (unpaired) electrons. The fraction of sp³-hybridized carbons (Fsp3) is 0. The molecule has 0 aliphatic carbocycles. The van der Waals surface area contributed by atoms with Crippen LogP contribution in [0, 0.1) is 5.82 Å². The van der Waals surface area contributed by atoms with Crippen LogP contribution in [0.15, 0.2) is 54.9 Å². The lowest BCUT2D eigenvalue weighted by Gasteiger charge is -2.07. The molecule has 0 saturated heterocycles. The Hall–Kier alpha value is -2.70. The van der Waals surface area contributed by atoms with Crippen LogP contribution in [0.25, 0.3) is 0 Å². The summed E-state index contributed by atoms with van der Waals surface area (Å²) in [5.41, 5.74) is 1.41. The molecule has 0 saturated carbocycles. The zero-order chi connectivity index (χ0) is 17.8. The molecule has 2 aromatic carbocycles. The Balaban J connectivity index is 1.67. The monoisotopic (exact) mass is 376 g/mol. The van der Waals surface area contributed by atoms with Crippen LogP contribution in [-0.2, 0) is 0 Å². The fourth-order valence-electron chi connectivity index (χ4n) is 1.95. The molecule has 0 fully saturated rings. The predicted molar refractivity (Wildman–Crippen MR) is 96.1 cm³/mol. The van der Waals surface area contributed by atoms with E-state index in [2.05, 4.69) is 20.6 Å². The Bertz CT molecular complexity index is 902. The first-order valence-electron chi connectivity index (χ1n) is 7.12. The Morgan fingerprint density at radius 3 is 2.20 bits per heavy atom. The van der Waals surface area contributed by atoms with E-state index in [9.17, 15) is 9.18 Å². The number of halogens is 3. The fourth-order valence-corrected chi connectivity index (χ4v) is 2.25. The SMILES string of the molecule is O=C(Nc1ccc(Cl)c(Cl)c1)c1cnc(Nc2ccc(F)cc2)nc1. The lowest BCUT2D eigenvalue weighted by Crippen LogP contribution is -2.13. The summed E-state index contributed by atoms with van der Waals surface area (Å²) >= 11 is 11.7. The summed E-state index contributed by atoms with van der Waals surface area (Å²) in [6.45, 7) is 0. The summed E-state index contributed by atoms with van der Waals surface area (Å²) in [5, 5.41) is 6.33. The van der Waals surface area contributed by atoms with E-state index in [1.807, 2.05) is 0 Å². The second-order valence-corrected chi connectivity index (χ2v) is 5.82. The number of rotatable bonds is 4. The smallest absolute Gasteiger partial charge is 0.258 e. The molecule has 0 unspecified atom stereocenters. The molecule has 8 heteroatoms. The molecule has 3 aromatic rings. The van der Waals surface area contributed by atoms with Gasteiger partial charge in [0.2, 0.25) is 5.95 Å². The minimum atomic E-state index is -0.383. The van der Waals surface area contributed by atoms with E-state index in [0.29, 0.717) is 21.4 Å². The molecule has 5 nitrogen and oxygen atoms in total. The van der Waals surface area contributed by atoms with Crippen molar-refractivity contribution in [1.29, 1.82) is 0 Å². The average molecular weight is 377 g/mol. The number of anilines is 3. The number of hydrogen-bond acceptors (Lipinski definition) is 4. The zero-order valence-electron chi connectivity index (χ0n) is 12.6. The largest absolute Gasteiger partial charge is 0.324 e. The van der Waals surface area contributed by atoms with Crippen molar-refractivity contribution in [2.75, 3.05) is 10.6 Å². The molecule has 126 valence electrons. The van der Waals surface area contributed by atoms with Gasteiger partial charge < -0.3 is 10.6 Å². The van der Waals surface area contributed by atoms with E-state index in [-0.39, 0.29) is 23.2 Å². The van der Waals surface area contributed by atoms with E-state index < -0.39 is 0 Å². The van der Waals surface area contributed by atoms with Gasteiger partial charge in [0, 0.05) is 23.8 Å². The van der Waals surface area contributed by atoms with Crippen molar-refractivity contribution >= 4 is 46.4 Å². The molecular formula is C17H11Cl2FN4O. The summed E-state index contributed by atoms with van der Waals surface area (Å²) in [4.78, 5) is 20.3. The van der Waals surface area contributed by atoms with Crippen molar-refractivity contribution in [2.45, 2.75) is 0 Å². The zero-order valence-corrected chi connectivity index (χ0v) is 14.1. The number of aromatic nitrogens is 2. The van der Waals surface area contributed by atoms with Crippen molar-refractivity contribution in [3.63, 3.8) is 0 Å². The normalized spacial score (nSPS) is 10.4. The summed E-state index contributed by atoms with van der Waals surface area (Å²) in [7, 11) is 0. The van der Waals surface area contributed by atoms with E-state index in [1.54, 1.807) is 30.3 Å². The molecule has 3 rings (SSSR count). The third kappa shape index (κ3) is 4.43. The molecule has 0 aliphatic rings. The highest BCUT2D eigenvalue weighted by atomic mass is 35.5. The number of carbonyl (C=O) groups excluding carboxylic acids is 1. The molecule has 1 heterocycles. The van der Waals surface area contributed by atoms with Crippen LogP contribution >= 0.6 is 23.2 Å². The standard InChI is InChI=1S/C17H11Cl2FN4O/c18-14-6-5-13(7-15(14)19)23-16(25)10-8-21-17(22-9-10)24-12-3-1-11(20)2-4-12/h1-9H,(H,23,25)(H,21,22,24). The van der Waals surface area contributed by atoms with Crippen molar-refractivity contribution in [3.8, 4) is 0 Å². The van der Waals surface area contributed by atoms with Gasteiger partial charge in [-0.2, -0.15) is 0 Å². The third-order valence-corrected chi connectivity index (χ3v) is 3.93. The predicted octanol–water partition coefficient (Wildman–Crippen LogP) is 4.92. The van der Waals surface area contributed by atoms with Gasteiger partial charge in [-0.05, 0) is 42.5 Å². The highest BCUT2D eigenvalue weighted by Gasteiger charge is 2.09. The first kappa shape index (κ1) is 17.1. The van der Waals surface area contributed by atoms with Crippen LogP contribution in [0.2, 0.25) is 10.0 Å². The van der Waals surface area contributed by atoms with E-state index in [4.69, 9.17) is 23.2 Å². The number of carbonyl (C=O) groups is 1. The van der Waals surface area contributed by atoms with Gasteiger partial charge in [-0.1, -0.05) is 23.2 Å². The lowest BCUT2D eigenvalue weighted by molar-refractivity contribution is 0.102. The van der Waals surface area contributed by atoms with Gasteiger partial charge >= 0.3 is 0 Å². The number of nitrogens with one attached hydrogen (secondary N) is 2. The van der Waals surface area contributed by atoms with Gasteiger partial charge in [0.05, 0.1) is 15.6 Å². The first-order chi connectivity index (χ1) is 12.0. The Labute approximate surface area is 152 Å². The molecule has 0 spiro atoms. The maximum atomic E-state index is 12.9. The van der Waals surface area contributed by atoms with Crippen molar-refractivity contribution in [2.24, 2.45) is 0 Å². The molecule has 0 atom stereocenters. The number of amides is 1. The lowest BCUT2D eigenvalue weighted by atomic mass is 10.2. The minimum absolute atomic E-state index is 0.274. The Morgan fingerprint density at radius 2 is 1.56 bits per heavy atom. The maximum absolute atomic E-state index is 12.9. The van der Waals surface area contributed by atoms with Crippen molar-refractivity contribution in [1.82, 2.24) is 9.97 Å². The number of benzene rings is 2. The molecule has 0 bridgehead atoms. The summed E-state index contributed by atoms with van der Waals surface area (Å²) < 4.78 is 12.9. The Morgan fingerprint density at radius 1 is 0.920 bits per heavy atom. The van der Waals surface area contributed by atoms with Gasteiger partial charge in [0.25, 0.3) is 5.91 Å². The third-order valence-electron chi connectivity index (χ3n) is 3.19. The van der Waals surface area contributed by atoms with E-state index in [0.717, 1.165) is 0 Å². The second kappa shape index (κ2) is 7.46. The molecule has 25 heavy (non-hydrogen) atoms. The summed E-state index contributed by atoms with van der Waals surface area (Å²) in [6, 6.07) is 10.5. The van der Waals surface area contributed by atoms with E-state index >= 15 is 0 Å². The average Bonchev–Trinajstić information content (AvgIpc) is 2.61. The van der Waals surface area contributed by atoms with Gasteiger partial charge in [-0.3, -0.25) is 4.79 Å². The van der Waals surface area contributed by atoms with Crippen LogP contribution < -0.4 is 10.6 Å². The molecule has 2 N–H and O–H groups in total. The van der Waals surface area contributed by atoms with Crippen molar-refractivity contribution in [3.05, 3.63) is 76.3 Å². The van der Waals surface area contributed by atoms with Gasteiger partial charge in [0.15, 0.2) is 0 Å². The topological polar surface area (TPSA) is 66.9 Å². The second-order valence-electron chi connectivity index (χ2n) is 5.01. The summed E-state index contributed by atoms with van der Waals surface area (Å²) in [5.74, 6) is -0.426. The van der Waals surface area contributed by atoms with Crippen LogP contribution in [0.5, 0.6) is 0 Å². The molecule has 1 amide bonds. The van der Waals surface area contributed by atoms with E-state index in [1.165, 1.54) is 24.5 Å². The Kier molecular flexibility index (Phi) is 5.11. The maximum Gasteiger partial charge on any atom is 0.258 e. The van der Waals surface area contributed by atoms with Crippen LogP contribution in [0.3, 0.4) is 0 Å². The molecular weight excluding hydrogens is 366 g/mol. The summed E-state index contributed by atoms with van der Waals surface area (Å²) in [6.07, 6.45) is 2.76. The van der Waals surface area contributed by atoms with Crippen LogP contribution in [0.1, 0.15) is 10.4 Å². The quantitative estimate of drug-likeness (QED) is 0.678. The highest BCUT2D eigenvalue weighted by molar-refractivity contribution is 6.42. The minimum Gasteiger partial charge on any atom is -0.324 e. The van der Waals surface area contributed by atoms with Gasteiger partial charge in [-0.25, -0.2) is 14.4 Å². The number of nitrogens with zero attached hydrogens (tertiary/aromatic N) is 2. The van der Waals surface area contributed by atoms with Crippen LogP contribution in [0.4, 0.5) is 21.7 Å². The molecule has 1 aromatic heterocycles. The van der Waals surface area contributed by atoms with Crippen LogP contribution in [-0.4, -0.2) is 15.9 Å².